The zero-order valence-electron chi connectivity index (χ0n) is 10.2. The molecule has 3 N–H and O–H groups in total. The lowest BCUT2D eigenvalue weighted by Crippen LogP contribution is -2.27. The molecule has 2 aromatic rings. The molecule has 4 nitrogen and oxygen atoms in total. The number of hydrogen-bond donors (Lipinski definition) is 2. The Morgan fingerprint density at radius 1 is 1.42 bits per heavy atom. The molecule has 1 aliphatic rings. The van der Waals surface area contributed by atoms with E-state index < -0.39 is 0 Å². The van der Waals surface area contributed by atoms with Crippen molar-refractivity contribution in [2.75, 3.05) is 5.73 Å². The molecular weight excluding hydrogens is 258 g/mol. The van der Waals surface area contributed by atoms with E-state index in [1.807, 2.05) is 35.7 Å². The molecule has 1 unspecified atom stereocenters. The van der Waals surface area contributed by atoms with Gasteiger partial charge in [-0.2, -0.15) is 5.10 Å². The van der Waals surface area contributed by atoms with E-state index in [0.29, 0.717) is 0 Å². The van der Waals surface area contributed by atoms with Crippen molar-refractivity contribution in [3.8, 4) is 0 Å². The summed E-state index contributed by atoms with van der Waals surface area (Å²) in [6.07, 6.45) is 1.60. The van der Waals surface area contributed by atoms with Gasteiger partial charge in [-0.15, -0.1) is 11.3 Å². The number of nitrogens with two attached hydrogens (primary N) is 1. The van der Waals surface area contributed by atoms with Gasteiger partial charge in [0.1, 0.15) is 12.3 Å². The number of nitrogen functional groups attached to an aromatic ring is 1. The van der Waals surface area contributed by atoms with Gasteiger partial charge >= 0.3 is 0 Å². The Morgan fingerprint density at radius 2 is 2.26 bits per heavy atom. The van der Waals surface area contributed by atoms with Crippen LogP contribution in [0, 0.1) is 0 Å². The Hall–Kier alpha value is -2.14. The highest BCUT2D eigenvalue weighted by Crippen LogP contribution is 2.25. The van der Waals surface area contributed by atoms with Gasteiger partial charge in [-0.25, -0.2) is 0 Å². The largest absolute Gasteiger partial charge is 0.398 e. The molecule has 19 heavy (non-hydrogen) atoms. The van der Waals surface area contributed by atoms with Crippen molar-refractivity contribution in [1.82, 2.24) is 5.43 Å². The molecule has 1 atom stereocenters. The number of rotatable bonds is 3. The number of benzene rings is 1. The molecule has 0 saturated heterocycles. The zero-order chi connectivity index (χ0) is 13.2. The third-order valence-electron chi connectivity index (χ3n) is 3.10. The number of nitrogens with zero attached hydrogens (tertiary/aromatic N) is 1. The summed E-state index contributed by atoms with van der Waals surface area (Å²) in [7, 11) is 0. The van der Waals surface area contributed by atoms with Crippen LogP contribution >= 0.6 is 11.3 Å². The highest BCUT2D eigenvalue weighted by Gasteiger charge is 2.21. The molecule has 0 aliphatic carbocycles. The molecule has 0 spiro atoms. The maximum Gasteiger partial charge on any atom is 0.148 e. The fourth-order valence-electron chi connectivity index (χ4n) is 2.20. The number of carbonyl (C=O) groups excluding carboxylic acids is 1. The van der Waals surface area contributed by atoms with E-state index in [1.165, 1.54) is 0 Å². The topological polar surface area (TPSA) is 67.5 Å². The summed E-state index contributed by atoms with van der Waals surface area (Å²) in [5.74, 6) is 0. The van der Waals surface area contributed by atoms with Crippen molar-refractivity contribution >= 4 is 29.0 Å². The van der Waals surface area contributed by atoms with Crippen LogP contribution in [0.1, 0.15) is 22.0 Å². The van der Waals surface area contributed by atoms with Crippen molar-refractivity contribution in [2.45, 2.75) is 12.5 Å². The van der Waals surface area contributed by atoms with E-state index in [0.717, 1.165) is 40.1 Å². The molecule has 0 saturated carbocycles. The van der Waals surface area contributed by atoms with Crippen LogP contribution in [0.2, 0.25) is 0 Å². The first-order valence-corrected chi connectivity index (χ1v) is 6.85. The first-order chi connectivity index (χ1) is 9.28. The molecule has 1 aromatic heterocycles. The molecule has 0 radical (unpaired) electrons. The Labute approximate surface area is 114 Å². The highest BCUT2D eigenvalue weighted by atomic mass is 32.1. The third kappa shape index (κ3) is 2.24. The summed E-state index contributed by atoms with van der Waals surface area (Å²) < 4.78 is 0. The van der Waals surface area contributed by atoms with Crippen molar-refractivity contribution in [3.63, 3.8) is 0 Å². The van der Waals surface area contributed by atoms with E-state index in [2.05, 4.69) is 10.5 Å². The average molecular weight is 271 g/mol. The summed E-state index contributed by atoms with van der Waals surface area (Å²) in [4.78, 5) is 12.2. The van der Waals surface area contributed by atoms with E-state index in [4.69, 9.17) is 5.73 Å². The first-order valence-electron chi connectivity index (χ1n) is 5.97. The maximum atomic E-state index is 11.0. The summed E-state index contributed by atoms with van der Waals surface area (Å²) in [6.45, 7) is 0. The molecule has 0 amide bonds. The molecule has 3 rings (SSSR count). The second kappa shape index (κ2) is 4.85. The lowest BCUT2D eigenvalue weighted by Gasteiger charge is -2.22. The smallest absolute Gasteiger partial charge is 0.148 e. The monoisotopic (exact) mass is 271 g/mol. The predicted octanol–water partition coefficient (Wildman–Crippen LogP) is 2.12. The second-order valence-electron chi connectivity index (χ2n) is 4.41. The normalized spacial score (nSPS) is 17.3. The van der Waals surface area contributed by atoms with Crippen LogP contribution < -0.4 is 11.2 Å². The Balaban J connectivity index is 1.95. The van der Waals surface area contributed by atoms with E-state index in [9.17, 15) is 4.79 Å². The lowest BCUT2D eigenvalue weighted by atomic mass is 9.95. The van der Waals surface area contributed by atoms with Gasteiger partial charge in [0.05, 0.1) is 5.71 Å². The van der Waals surface area contributed by atoms with E-state index in [1.54, 1.807) is 11.3 Å². The summed E-state index contributed by atoms with van der Waals surface area (Å²) in [5, 5.41) is 6.25. The van der Waals surface area contributed by atoms with E-state index in [-0.39, 0.29) is 6.04 Å². The number of fused-ring (bicyclic) bond motifs is 1. The number of hydrazone groups is 1. The predicted molar refractivity (Wildman–Crippen MR) is 77.4 cm³/mol. The Kier molecular flexibility index (Phi) is 3.05. The fourth-order valence-corrected chi connectivity index (χ4v) is 2.98. The van der Waals surface area contributed by atoms with Crippen LogP contribution in [-0.2, 0) is 11.2 Å². The molecule has 1 aromatic carbocycles. The van der Waals surface area contributed by atoms with Gasteiger partial charge in [-0.05, 0) is 11.6 Å². The molecule has 96 valence electrons. The van der Waals surface area contributed by atoms with Gasteiger partial charge < -0.3 is 10.5 Å². The summed E-state index contributed by atoms with van der Waals surface area (Å²) in [5.41, 5.74) is 12.4. The van der Waals surface area contributed by atoms with Gasteiger partial charge in [0.15, 0.2) is 0 Å². The quantitative estimate of drug-likeness (QED) is 0.840. The Morgan fingerprint density at radius 3 is 3.00 bits per heavy atom. The molecule has 0 fully saturated rings. The number of hydrogen-bond acceptors (Lipinski definition) is 5. The first kappa shape index (κ1) is 11.9. The highest BCUT2D eigenvalue weighted by molar-refractivity contribution is 7.10. The van der Waals surface area contributed by atoms with Gasteiger partial charge in [0.2, 0.25) is 0 Å². The fraction of sp³-hybridized carbons (Fsp3) is 0.143. The maximum absolute atomic E-state index is 11.0. The Bertz CT molecular complexity index is 648. The van der Waals surface area contributed by atoms with Crippen LogP contribution in [0.4, 0.5) is 5.69 Å². The minimum absolute atomic E-state index is 0.353. The zero-order valence-corrected chi connectivity index (χ0v) is 11.0. The van der Waals surface area contributed by atoms with Crippen molar-refractivity contribution in [1.29, 1.82) is 0 Å². The van der Waals surface area contributed by atoms with Gasteiger partial charge in [0.25, 0.3) is 0 Å². The van der Waals surface area contributed by atoms with Crippen LogP contribution in [0.15, 0.2) is 40.8 Å². The van der Waals surface area contributed by atoms with Crippen LogP contribution in [0.5, 0.6) is 0 Å². The molecular formula is C14H13N3OS. The van der Waals surface area contributed by atoms with Gasteiger partial charge in [-0.1, -0.05) is 24.3 Å². The summed E-state index contributed by atoms with van der Waals surface area (Å²) >= 11 is 1.62. The number of aldehydes is 1. The molecule has 0 bridgehead atoms. The molecule has 1 aliphatic heterocycles. The summed E-state index contributed by atoms with van der Waals surface area (Å²) in [6, 6.07) is 9.46. The lowest BCUT2D eigenvalue weighted by molar-refractivity contribution is -0.109. The number of anilines is 1. The number of nitrogens with one attached hydrogen (secondary N) is 1. The SMILES string of the molecule is Nc1csc(CC2=NNC(C=O)c3ccccc32)c1. The number of thiophene rings is 1. The average Bonchev–Trinajstić information content (AvgIpc) is 2.85. The third-order valence-corrected chi connectivity index (χ3v) is 4.05. The van der Waals surface area contributed by atoms with Crippen molar-refractivity contribution < 1.29 is 4.79 Å². The molecule has 5 heteroatoms. The van der Waals surface area contributed by atoms with Crippen molar-refractivity contribution in [3.05, 3.63) is 51.7 Å². The minimum Gasteiger partial charge on any atom is -0.398 e. The standard InChI is InChI=1S/C14H13N3OS/c15-9-5-10(19-8-9)6-13-11-3-1-2-4-12(11)14(7-18)17-16-13/h1-5,7-8,14,17H,6,15H2. The van der Waals surface area contributed by atoms with E-state index >= 15 is 0 Å². The van der Waals surface area contributed by atoms with Crippen LogP contribution in [0.25, 0.3) is 0 Å². The van der Waals surface area contributed by atoms with Crippen LogP contribution in [0.3, 0.4) is 0 Å². The van der Waals surface area contributed by atoms with Gasteiger partial charge in [0, 0.05) is 27.9 Å². The minimum atomic E-state index is -0.353. The number of carbonyl (C=O) groups is 1. The molecule has 2 heterocycles. The van der Waals surface area contributed by atoms with Crippen LogP contribution in [-0.4, -0.2) is 12.0 Å². The van der Waals surface area contributed by atoms with Crippen molar-refractivity contribution in [2.24, 2.45) is 5.10 Å². The second-order valence-corrected chi connectivity index (χ2v) is 5.41. The van der Waals surface area contributed by atoms with Gasteiger partial charge in [-0.3, -0.25) is 5.43 Å².